The molecular weight excluding hydrogens is 480 g/mol. The Kier molecular flexibility index (Phi) is 8.17. The van der Waals surface area contributed by atoms with Crippen LogP contribution in [0.3, 0.4) is 0 Å². The van der Waals surface area contributed by atoms with Crippen molar-refractivity contribution in [2.75, 3.05) is 26.7 Å². The summed E-state index contributed by atoms with van der Waals surface area (Å²) in [5, 5.41) is 12.9. The Morgan fingerprint density at radius 2 is 2.03 bits per heavy atom. The van der Waals surface area contributed by atoms with E-state index in [-0.39, 0.29) is 48.3 Å². The molecule has 36 heavy (non-hydrogen) atoms. The molecule has 1 saturated carbocycles. The van der Waals surface area contributed by atoms with Gasteiger partial charge >= 0.3 is 6.03 Å². The summed E-state index contributed by atoms with van der Waals surface area (Å²) in [7, 11) is -2.20. The van der Waals surface area contributed by atoms with Crippen LogP contribution in [0.25, 0.3) is 11.1 Å². The summed E-state index contributed by atoms with van der Waals surface area (Å²) in [6.07, 6.45) is 7.16. The smallest absolute Gasteiger partial charge is 0.317 e. The number of fused-ring (bicyclic) bond motifs is 1. The van der Waals surface area contributed by atoms with Gasteiger partial charge in [0.2, 0.25) is 10.0 Å². The van der Waals surface area contributed by atoms with Gasteiger partial charge in [0.05, 0.1) is 13.2 Å². The fourth-order valence-electron chi connectivity index (χ4n) is 4.86. The number of nitrogens with zero attached hydrogens (tertiary/aromatic N) is 3. The number of pyridine rings is 1. The lowest BCUT2D eigenvalue weighted by atomic mass is 10.0. The van der Waals surface area contributed by atoms with E-state index in [9.17, 15) is 18.3 Å². The SMILES string of the molecule is C[C@@H]1CN([C@@H](C)CO)S(=O)(=O)c2ccc(-c3cccnc3)cc2O[C@H]1CN(C)C(=O)NC1CCCC1. The van der Waals surface area contributed by atoms with Crippen LogP contribution in [-0.4, -0.2) is 78.7 Å². The minimum atomic E-state index is -3.93. The highest BCUT2D eigenvalue weighted by Crippen LogP contribution is 2.36. The molecule has 1 aliphatic carbocycles. The third-order valence-corrected chi connectivity index (χ3v) is 9.16. The predicted octanol–water partition coefficient (Wildman–Crippen LogP) is 3.10. The molecule has 4 rings (SSSR count). The predicted molar refractivity (Wildman–Crippen MR) is 137 cm³/mol. The maximum Gasteiger partial charge on any atom is 0.317 e. The first kappa shape index (κ1) is 26.4. The highest BCUT2D eigenvalue weighted by Gasteiger charge is 2.38. The fourth-order valence-corrected chi connectivity index (χ4v) is 6.69. The zero-order valence-corrected chi connectivity index (χ0v) is 21.9. The number of nitrogens with one attached hydrogen (secondary N) is 1. The van der Waals surface area contributed by atoms with Gasteiger partial charge < -0.3 is 20.1 Å². The maximum atomic E-state index is 13.6. The molecule has 2 amide bonds. The molecule has 1 aliphatic heterocycles. The molecule has 0 unspecified atom stereocenters. The fraction of sp³-hybridized carbons (Fsp3) is 0.538. The van der Waals surface area contributed by atoms with Crippen molar-refractivity contribution >= 4 is 16.1 Å². The number of urea groups is 1. The molecule has 2 N–H and O–H groups in total. The summed E-state index contributed by atoms with van der Waals surface area (Å²) in [5.41, 5.74) is 1.61. The number of amides is 2. The van der Waals surface area contributed by atoms with E-state index in [1.165, 1.54) is 4.31 Å². The van der Waals surface area contributed by atoms with Crippen LogP contribution in [0.2, 0.25) is 0 Å². The topological polar surface area (TPSA) is 112 Å². The van der Waals surface area contributed by atoms with E-state index in [1.807, 2.05) is 19.1 Å². The van der Waals surface area contributed by atoms with Gasteiger partial charge in [0.15, 0.2) is 0 Å². The molecule has 0 bridgehead atoms. The number of hydrogen-bond donors (Lipinski definition) is 2. The second-order valence-electron chi connectivity index (χ2n) is 9.95. The van der Waals surface area contributed by atoms with Crippen LogP contribution >= 0.6 is 0 Å². The summed E-state index contributed by atoms with van der Waals surface area (Å²) in [4.78, 5) is 18.7. The van der Waals surface area contributed by atoms with Gasteiger partial charge in [0.1, 0.15) is 16.7 Å². The molecule has 0 saturated heterocycles. The number of rotatable bonds is 6. The first-order valence-corrected chi connectivity index (χ1v) is 14.0. The Hall–Kier alpha value is -2.69. The van der Waals surface area contributed by atoms with E-state index in [2.05, 4.69) is 10.3 Å². The van der Waals surface area contributed by atoms with Gasteiger partial charge in [-0.05, 0) is 43.5 Å². The van der Waals surface area contributed by atoms with Crippen molar-refractivity contribution in [3.63, 3.8) is 0 Å². The molecule has 2 heterocycles. The van der Waals surface area contributed by atoms with Gasteiger partial charge in [-0.15, -0.1) is 0 Å². The third-order valence-electron chi connectivity index (χ3n) is 7.15. The zero-order chi connectivity index (χ0) is 25.9. The van der Waals surface area contributed by atoms with Crippen molar-refractivity contribution in [2.45, 2.75) is 62.6 Å². The molecule has 1 aromatic heterocycles. The highest BCUT2D eigenvalue weighted by atomic mass is 32.2. The van der Waals surface area contributed by atoms with E-state index < -0.39 is 22.2 Å². The average Bonchev–Trinajstić information content (AvgIpc) is 3.39. The Balaban J connectivity index is 1.68. The van der Waals surface area contributed by atoms with Gasteiger partial charge in [-0.25, -0.2) is 13.2 Å². The van der Waals surface area contributed by atoms with Crippen LogP contribution in [0.15, 0.2) is 47.6 Å². The van der Waals surface area contributed by atoms with Crippen LogP contribution in [-0.2, 0) is 10.0 Å². The summed E-state index contributed by atoms with van der Waals surface area (Å²) < 4.78 is 35.0. The summed E-state index contributed by atoms with van der Waals surface area (Å²) in [5.74, 6) is -0.0154. The molecule has 3 atom stereocenters. The van der Waals surface area contributed by atoms with Gasteiger partial charge in [-0.2, -0.15) is 4.31 Å². The Bertz CT molecular complexity index is 1150. The summed E-state index contributed by atoms with van der Waals surface area (Å²) in [6.45, 7) is 3.75. The number of sulfonamides is 1. The molecule has 1 fully saturated rings. The number of carbonyl (C=O) groups is 1. The number of ether oxygens (including phenoxy) is 1. The molecule has 10 heteroatoms. The van der Waals surface area contributed by atoms with Gasteiger partial charge in [0, 0.05) is 49.6 Å². The highest BCUT2D eigenvalue weighted by molar-refractivity contribution is 7.89. The quantitative estimate of drug-likeness (QED) is 0.610. The van der Waals surface area contributed by atoms with Crippen LogP contribution in [0, 0.1) is 5.92 Å². The monoisotopic (exact) mass is 516 g/mol. The van der Waals surface area contributed by atoms with E-state index in [4.69, 9.17) is 4.74 Å². The Morgan fingerprint density at radius 1 is 1.28 bits per heavy atom. The number of hydrogen-bond acceptors (Lipinski definition) is 6. The van der Waals surface area contributed by atoms with Gasteiger partial charge in [-0.3, -0.25) is 4.98 Å². The molecular formula is C26H36N4O5S. The van der Waals surface area contributed by atoms with Crippen molar-refractivity contribution in [1.29, 1.82) is 0 Å². The second kappa shape index (κ2) is 11.1. The van der Waals surface area contributed by atoms with Crippen molar-refractivity contribution in [2.24, 2.45) is 5.92 Å². The van der Waals surface area contributed by atoms with Crippen LogP contribution in [0.1, 0.15) is 39.5 Å². The van der Waals surface area contributed by atoms with Crippen molar-refractivity contribution in [3.8, 4) is 16.9 Å². The molecule has 2 aromatic rings. The number of carbonyl (C=O) groups excluding carboxylic acids is 1. The molecule has 2 aliphatic rings. The maximum absolute atomic E-state index is 13.6. The lowest BCUT2D eigenvalue weighted by molar-refractivity contribution is 0.0809. The number of benzene rings is 1. The van der Waals surface area contributed by atoms with E-state index in [0.717, 1.165) is 36.8 Å². The molecule has 0 spiro atoms. The number of aromatic nitrogens is 1. The lowest BCUT2D eigenvalue weighted by Gasteiger charge is -2.37. The van der Waals surface area contributed by atoms with E-state index >= 15 is 0 Å². The first-order chi connectivity index (χ1) is 17.2. The Labute approximate surface area is 213 Å². The molecule has 196 valence electrons. The first-order valence-electron chi connectivity index (χ1n) is 12.6. The summed E-state index contributed by atoms with van der Waals surface area (Å²) >= 11 is 0. The second-order valence-corrected chi connectivity index (χ2v) is 11.8. The molecule has 9 nitrogen and oxygen atoms in total. The lowest BCUT2D eigenvalue weighted by Crippen LogP contribution is -2.51. The molecule has 0 radical (unpaired) electrons. The van der Waals surface area contributed by atoms with E-state index in [0.29, 0.717) is 0 Å². The minimum Gasteiger partial charge on any atom is -0.487 e. The van der Waals surface area contributed by atoms with Crippen LogP contribution in [0.4, 0.5) is 4.79 Å². The van der Waals surface area contributed by atoms with Crippen molar-refractivity contribution < 1.29 is 23.1 Å². The van der Waals surface area contributed by atoms with Gasteiger partial charge in [-0.1, -0.05) is 31.9 Å². The van der Waals surface area contributed by atoms with Crippen molar-refractivity contribution in [1.82, 2.24) is 19.5 Å². The Morgan fingerprint density at radius 3 is 2.69 bits per heavy atom. The minimum absolute atomic E-state index is 0.0467. The van der Waals surface area contributed by atoms with Gasteiger partial charge in [0.25, 0.3) is 0 Å². The van der Waals surface area contributed by atoms with E-state index in [1.54, 1.807) is 49.5 Å². The zero-order valence-electron chi connectivity index (χ0n) is 21.1. The normalized spacial score (nSPS) is 23.1. The summed E-state index contributed by atoms with van der Waals surface area (Å²) in [6, 6.07) is 8.15. The van der Waals surface area contributed by atoms with Crippen LogP contribution in [0.5, 0.6) is 5.75 Å². The number of aliphatic hydroxyl groups is 1. The molecule has 1 aromatic carbocycles. The number of likely N-dealkylation sites (N-methyl/N-ethyl adjacent to an activating group) is 1. The average molecular weight is 517 g/mol. The third kappa shape index (κ3) is 5.66. The number of aliphatic hydroxyl groups excluding tert-OH is 1. The largest absolute Gasteiger partial charge is 0.487 e. The standard InChI is InChI=1S/C26H36N4O5S/c1-18-15-30(19(2)17-31)36(33,34)25-11-10-20(21-7-6-12-27-14-21)13-23(25)35-24(18)16-29(3)26(32)28-22-8-4-5-9-22/h6-7,10-14,18-19,22,24,31H,4-5,8-9,15-17H2,1-3H3,(H,28,32)/t18-,19+,24+/m1/s1. The van der Waals surface area contributed by atoms with Crippen molar-refractivity contribution in [3.05, 3.63) is 42.7 Å². The van der Waals surface area contributed by atoms with Crippen LogP contribution < -0.4 is 10.1 Å².